The van der Waals surface area contributed by atoms with Gasteiger partial charge in [-0.3, -0.25) is 4.79 Å². The van der Waals surface area contributed by atoms with Gasteiger partial charge in [-0.05, 0) is 19.1 Å². The molecule has 0 radical (unpaired) electrons. The van der Waals surface area contributed by atoms with Gasteiger partial charge in [0.15, 0.2) is 4.34 Å². The number of thiazole rings is 1. The van der Waals surface area contributed by atoms with Crippen LogP contribution in [0, 0.1) is 6.92 Å². The van der Waals surface area contributed by atoms with Crippen LogP contribution in [0.4, 0.5) is 0 Å². The van der Waals surface area contributed by atoms with Crippen molar-refractivity contribution in [2.75, 3.05) is 5.75 Å². The first-order valence-electron chi connectivity index (χ1n) is 5.19. The van der Waals surface area contributed by atoms with Crippen molar-refractivity contribution in [3.63, 3.8) is 0 Å². The van der Waals surface area contributed by atoms with Crippen molar-refractivity contribution in [3.05, 3.63) is 32.4 Å². The maximum Gasteiger partial charge on any atom is 0.230 e. The Kier molecular flexibility index (Phi) is 5.05. The van der Waals surface area contributed by atoms with E-state index in [1.165, 1.54) is 23.1 Å². The molecule has 0 aliphatic rings. The van der Waals surface area contributed by atoms with Gasteiger partial charge in [-0.1, -0.05) is 23.4 Å². The number of hydrogen-bond acceptors (Lipinski definition) is 5. The average Bonchev–Trinajstić information content (AvgIpc) is 2.93. The molecule has 2 aromatic rings. The van der Waals surface area contributed by atoms with E-state index in [9.17, 15) is 4.79 Å². The van der Waals surface area contributed by atoms with E-state index >= 15 is 0 Å². The maximum atomic E-state index is 11.6. The summed E-state index contributed by atoms with van der Waals surface area (Å²) in [4.78, 5) is 17.0. The molecule has 2 heterocycles. The van der Waals surface area contributed by atoms with Crippen LogP contribution >= 0.6 is 46.0 Å². The number of halogens is 1. The van der Waals surface area contributed by atoms with Crippen LogP contribution in [0.3, 0.4) is 0 Å². The molecule has 0 aromatic carbocycles. The first-order valence-corrected chi connectivity index (χ1v) is 8.25. The molecule has 2 aromatic heterocycles. The highest BCUT2D eigenvalue weighted by Crippen LogP contribution is 2.23. The Bertz CT molecular complexity index is 492. The third-order valence-electron chi connectivity index (χ3n) is 2.01. The largest absolute Gasteiger partial charge is 0.350 e. The number of thiophene rings is 1. The molecule has 7 heteroatoms. The quantitative estimate of drug-likeness (QED) is 0.857. The van der Waals surface area contributed by atoms with Crippen LogP contribution < -0.4 is 5.32 Å². The van der Waals surface area contributed by atoms with Crippen LogP contribution in [-0.2, 0) is 11.3 Å². The molecule has 96 valence electrons. The SMILES string of the molecule is Cc1csc(SCC(=O)NCc2ccc(Cl)s2)n1. The van der Waals surface area contributed by atoms with Crippen LogP contribution in [0.1, 0.15) is 10.6 Å². The van der Waals surface area contributed by atoms with E-state index < -0.39 is 0 Å². The van der Waals surface area contributed by atoms with E-state index in [1.54, 1.807) is 11.3 Å². The van der Waals surface area contributed by atoms with Crippen molar-refractivity contribution in [1.29, 1.82) is 0 Å². The second-order valence-electron chi connectivity index (χ2n) is 3.53. The normalized spacial score (nSPS) is 10.6. The first kappa shape index (κ1) is 13.9. The molecule has 0 spiro atoms. The molecule has 0 aliphatic heterocycles. The Morgan fingerprint density at radius 1 is 1.56 bits per heavy atom. The van der Waals surface area contributed by atoms with E-state index in [4.69, 9.17) is 11.6 Å². The summed E-state index contributed by atoms with van der Waals surface area (Å²) in [5.74, 6) is 0.406. The Morgan fingerprint density at radius 3 is 3.00 bits per heavy atom. The molecule has 2 rings (SSSR count). The molecule has 0 bridgehead atoms. The highest BCUT2D eigenvalue weighted by molar-refractivity contribution is 8.01. The molecule has 18 heavy (non-hydrogen) atoms. The minimum absolute atomic E-state index is 0.0115. The number of nitrogens with one attached hydrogen (secondary N) is 1. The highest BCUT2D eigenvalue weighted by Gasteiger charge is 2.06. The van der Waals surface area contributed by atoms with E-state index in [-0.39, 0.29) is 5.91 Å². The summed E-state index contributed by atoms with van der Waals surface area (Å²) < 4.78 is 1.67. The maximum absolute atomic E-state index is 11.6. The van der Waals surface area contributed by atoms with Gasteiger partial charge < -0.3 is 5.32 Å². The summed E-state index contributed by atoms with van der Waals surface area (Å²) >= 11 is 10.3. The number of carbonyl (C=O) groups excluding carboxylic acids is 1. The molecule has 0 fully saturated rings. The average molecular weight is 319 g/mol. The van der Waals surface area contributed by atoms with Gasteiger partial charge >= 0.3 is 0 Å². The standard InChI is InChI=1S/C11H11ClN2OS3/c1-7-5-16-11(14-7)17-6-10(15)13-4-8-2-3-9(12)18-8/h2-3,5H,4,6H2,1H3,(H,13,15). The van der Waals surface area contributed by atoms with Crippen LogP contribution in [0.2, 0.25) is 4.34 Å². The van der Waals surface area contributed by atoms with Crippen LogP contribution in [0.25, 0.3) is 0 Å². The zero-order valence-electron chi connectivity index (χ0n) is 9.60. The molecule has 0 saturated carbocycles. The third-order valence-corrected chi connectivity index (χ3v) is 5.38. The molecule has 1 amide bonds. The second-order valence-corrected chi connectivity index (χ2v) is 7.41. The minimum atomic E-state index is 0.0115. The highest BCUT2D eigenvalue weighted by atomic mass is 35.5. The van der Waals surface area contributed by atoms with Gasteiger partial charge in [0.1, 0.15) is 0 Å². The van der Waals surface area contributed by atoms with Crippen molar-refractivity contribution in [1.82, 2.24) is 10.3 Å². The lowest BCUT2D eigenvalue weighted by Gasteiger charge is -2.01. The van der Waals surface area contributed by atoms with E-state index in [1.807, 2.05) is 24.4 Å². The van der Waals surface area contributed by atoms with Gasteiger partial charge in [0.05, 0.1) is 16.6 Å². The number of rotatable bonds is 5. The molecular formula is C11H11ClN2OS3. The van der Waals surface area contributed by atoms with Gasteiger partial charge in [-0.15, -0.1) is 22.7 Å². The van der Waals surface area contributed by atoms with Crippen molar-refractivity contribution in [3.8, 4) is 0 Å². The van der Waals surface area contributed by atoms with E-state index in [0.29, 0.717) is 12.3 Å². The molecule has 1 N–H and O–H groups in total. The molecule has 0 atom stereocenters. The number of thioether (sulfide) groups is 1. The number of hydrogen-bond donors (Lipinski definition) is 1. The van der Waals surface area contributed by atoms with Crippen LogP contribution in [0.15, 0.2) is 21.9 Å². The van der Waals surface area contributed by atoms with Crippen LogP contribution in [-0.4, -0.2) is 16.6 Å². The first-order chi connectivity index (χ1) is 8.63. The summed E-state index contributed by atoms with van der Waals surface area (Å²) in [5.41, 5.74) is 0.996. The van der Waals surface area contributed by atoms with E-state index in [2.05, 4.69) is 10.3 Å². The lowest BCUT2D eigenvalue weighted by molar-refractivity contribution is -0.118. The van der Waals surface area contributed by atoms with Crippen molar-refractivity contribution in [2.24, 2.45) is 0 Å². The molecular weight excluding hydrogens is 308 g/mol. The molecule has 0 aliphatic carbocycles. The number of carbonyl (C=O) groups is 1. The lowest BCUT2D eigenvalue weighted by Crippen LogP contribution is -2.24. The number of aromatic nitrogens is 1. The predicted molar refractivity (Wildman–Crippen MR) is 78.8 cm³/mol. The van der Waals surface area contributed by atoms with Crippen molar-refractivity contribution < 1.29 is 4.79 Å². The van der Waals surface area contributed by atoms with Gasteiger partial charge in [0, 0.05) is 16.0 Å². The predicted octanol–water partition coefficient (Wildman–Crippen LogP) is 3.57. The van der Waals surface area contributed by atoms with Crippen molar-refractivity contribution in [2.45, 2.75) is 17.8 Å². The summed E-state index contributed by atoms with van der Waals surface area (Å²) in [7, 11) is 0. The van der Waals surface area contributed by atoms with Gasteiger partial charge in [-0.2, -0.15) is 0 Å². The van der Waals surface area contributed by atoms with Gasteiger partial charge in [0.25, 0.3) is 0 Å². The van der Waals surface area contributed by atoms with Gasteiger partial charge in [-0.25, -0.2) is 4.98 Å². The monoisotopic (exact) mass is 318 g/mol. The van der Waals surface area contributed by atoms with Gasteiger partial charge in [0.2, 0.25) is 5.91 Å². The summed E-state index contributed by atoms with van der Waals surface area (Å²) in [6.45, 7) is 2.48. The zero-order valence-corrected chi connectivity index (χ0v) is 12.8. The van der Waals surface area contributed by atoms with Crippen molar-refractivity contribution >= 4 is 51.9 Å². The van der Waals surface area contributed by atoms with Crippen LogP contribution in [0.5, 0.6) is 0 Å². The number of amides is 1. The zero-order chi connectivity index (χ0) is 13.0. The number of nitrogens with zero attached hydrogens (tertiary/aromatic N) is 1. The molecule has 0 unspecified atom stereocenters. The summed E-state index contributed by atoms with van der Waals surface area (Å²) in [6, 6.07) is 3.76. The lowest BCUT2D eigenvalue weighted by atomic mass is 10.4. The fraction of sp³-hybridized carbons (Fsp3) is 0.273. The second kappa shape index (κ2) is 6.56. The summed E-state index contributed by atoms with van der Waals surface area (Å²) in [6.07, 6.45) is 0. The Hall–Kier alpha value is -0.560. The Labute approximate surface area is 123 Å². The van der Waals surface area contributed by atoms with E-state index in [0.717, 1.165) is 19.2 Å². The Morgan fingerprint density at radius 2 is 2.39 bits per heavy atom. The topological polar surface area (TPSA) is 42.0 Å². The smallest absolute Gasteiger partial charge is 0.230 e. The fourth-order valence-electron chi connectivity index (χ4n) is 1.21. The number of aryl methyl sites for hydroxylation is 1. The fourth-order valence-corrected chi connectivity index (χ4v) is 3.92. The molecule has 0 saturated heterocycles. The minimum Gasteiger partial charge on any atom is -0.350 e. The summed E-state index contributed by atoms with van der Waals surface area (Å²) in [5, 5.41) is 4.84. The third kappa shape index (κ3) is 4.28. The molecule has 3 nitrogen and oxygen atoms in total. The Balaban J connectivity index is 1.72.